The fourth-order valence-electron chi connectivity index (χ4n) is 1.96. The molecule has 138 valence electrons. The molecule has 1 rings (SSSR count). The highest BCUT2D eigenvalue weighted by Crippen LogP contribution is 2.35. The lowest BCUT2D eigenvalue weighted by molar-refractivity contribution is -0.139. The first-order valence-electron chi connectivity index (χ1n) is 6.94. The molecule has 0 bridgehead atoms. The number of carbonyl (C=O) groups is 1. The van der Waals surface area contributed by atoms with Crippen molar-refractivity contribution in [3.63, 3.8) is 0 Å². The maximum absolute atomic E-state index is 12.8. The van der Waals surface area contributed by atoms with Crippen LogP contribution >= 0.6 is 12.4 Å². The van der Waals surface area contributed by atoms with Gasteiger partial charge >= 0.3 is 6.18 Å². The Hall–Kier alpha value is -1.51. The molecule has 1 unspecified atom stereocenters. The summed E-state index contributed by atoms with van der Waals surface area (Å²) in [6, 6.07) is 4.73. The summed E-state index contributed by atoms with van der Waals surface area (Å²) in [5.41, 5.74) is 3.64. The summed E-state index contributed by atoms with van der Waals surface area (Å²) < 4.78 is 43.5. The van der Waals surface area contributed by atoms with Gasteiger partial charge in [0.15, 0.2) is 0 Å². The number of benzene rings is 1. The summed E-state index contributed by atoms with van der Waals surface area (Å²) in [5.74, 6) is -0.764. The predicted octanol–water partition coefficient (Wildman–Crippen LogP) is 2.06. The zero-order valence-corrected chi connectivity index (χ0v) is 14.4. The number of nitrogens with zero attached hydrogens (tertiary/aromatic N) is 1. The Labute approximate surface area is 145 Å². The molecular formula is C15H22ClF3N2O3. The van der Waals surface area contributed by atoms with E-state index in [9.17, 15) is 23.1 Å². The topological polar surface area (TPSA) is 75.8 Å². The molecule has 0 spiro atoms. The summed E-state index contributed by atoms with van der Waals surface area (Å²) in [6.45, 7) is 2.56. The first-order valence-corrected chi connectivity index (χ1v) is 6.94. The molecule has 0 radical (unpaired) electrons. The number of hydrogen-bond donors (Lipinski definition) is 2. The van der Waals surface area contributed by atoms with Gasteiger partial charge in [-0.15, -0.1) is 12.4 Å². The Morgan fingerprint density at radius 3 is 2.38 bits per heavy atom. The highest BCUT2D eigenvalue weighted by atomic mass is 35.5. The molecule has 3 N–H and O–H groups in total. The Morgan fingerprint density at radius 2 is 1.88 bits per heavy atom. The van der Waals surface area contributed by atoms with Gasteiger partial charge in [-0.2, -0.15) is 13.2 Å². The normalized spacial score (nSPS) is 13.0. The van der Waals surface area contributed by atoms with E-state index in [1.807, 2.05) is 0 Å². The number of rotatable bonds is 6. The Morgan fingerprint density at radius 1 is 1.33 bits per heavy atom. The average Bonchev–Trinajstić information content (AvgIpc) is 2.42. The largest absolute Gasteiger partial charge is 0.490 e. The Kier molecular flexibility index (Phi) is 8.01. The van der Waals surface area contributed by atoms with Crippen LogP contribution in [0.1, 0.15) is 19.4 Å². The van der Waals surface area contributed by atoms with Gasteiger partial charge in [0.25, 0.3) is 0 Å². The number of aliphatic hydroxyl groups excluding tert-OH is 1. The number of halogens is 4. The fourth-order valence-corrected chi connectivity index (χ4v) is 1.96. The number of aliphatic hydroxyl groups is 1. The van der Waals surface area contributed by atoms with Crippen LogP contribution in [0.3, 0.4) is 0 Å². The predicted molar refractivity (Wildman–Crippen MR) is 86.1 cm³/mol. The third kappa shape index (κ3) is 6.54. The van der Waals surface area contributed by atoms with Crippen LogP contribution in [0.25, 0.3) is 0 Å². The highest BCUT2D eigenvalue weighted by molar-refractivity contribution is 5.85. The lowest BCUT2D eigenvalue weighted by Gasteiger charge is -2.27. The molecule has 1 aromatic rings. The third-order valence-corrected chi connectivity index (χ3v) is 3.01. The second-order valence-electron chi connectivity index (χ2n) is 5.87. The molecule has 0 aliphatic carbocycles. The van der Waals surface area contributed by atoms with Crippen LogP contribution in [0.4, 0.5) is 13.2 Å². The zero-order valence-electron chi connectivity index (χ0n) is 13.6. The summed E-state index contributed by atoms with van der Waals surface area (Å²) in [6.07, 6.45) is -5.69. The molecule has 1 amide bonds. The Balaban J connectivity index is 0.00000529. The van der Waals surface area contributed by atoms with E-state index in [2.05, 4.69) is 0 Å². The molecule has 1 atom stereocenters. The van der Waals surface area contributed by atoms with Crippen LogP contribution in [0.5, 0.6) is 5.75 Å². The quantitative estimate of drug-likeness (QED) is 0.803. The van der Waals surface area contributed by atoms with Gasteiger partial charge in [-0.05, 0) is 26.0 Å². The van der Waals surface area contributed by atoms with Gasteiger partial charge in [-0.3, -0.25) is 4.79 Å². The van der Waals surface area contributed by atoms with Crippen molar-refractivity contribution < 1.29 is 27.8 Å². The van der Waals surface area contributed by atoms with E-state index in [1.54, 1.807) is 0 Å². The lowest BCUT2D eigenvalue weighted by atomic mass is 10.1. The van der Waals surface area contributed by atoms with E-state index >= 15 is 0 Å². The summed E-state index contributed by atoms with van der Waals surface area (Å²) >= 11 is 0. The summed E-state index contributed by atoms with van der Waals surface area (Å²) in [5, 5.41) is 9.85. The van der Waals surface area contributed by atoms with Crippen LogP contribution in [0.15, 0.2) is 24.3 Å². The van der Waals surface area contributed by atoms with Crippen LogP contribution in [0, 0.1) is 0 Å². The van der Waals surface area contributed by atoms with E-state index in [4.69, 9.17) is 10.5 Å². The maximum Gasteiger partial charge on any atom is 0.419 e. The molecule has 0 aromatic heterocycles. The van der Waals surface area contributed by atoms with Crippen molar-refractivity contribution in [2.24, 2.45) is 5.73 Å². The first kappa shape index (κ1) is 22.5. The van der Waals surface area contributed by atoms with Gasteiger partial charge in [0, 0.05) is 13.6 Å². The SMILES string of the molecule is CN(CC(O)COc1ccccc1C(F)(F)F)C(=O)C(C)(C)N.Cl. The van der Waals surface area contributed by atoms with E-state index in [0.717, 1.165) is 6.07 Å². The number of para-hydroxylation sites is 1. The molecular weight excluding hydrogens is 349 g/mol. The van der Waals surface area contributed by atoms with E-state index in [0.29, 0.717) is 0 Å². The van der Waals surface area contributed by atoms with E-state index in [1.165, 1.54) is 44.0 Å². The Bertz CT molecular complexity index is 548. The van der Waals surface area contributed by atoms with Crippen molar-refractivity contribution in [3.8, 4) is 5.75 Å². The van der Waals surface area contributed by atoms with E-state index in [-0.39, 0.29) is 31.3 Å². The van der Waals surface area contributed by atoms with Gasteiger partial charge in [0.2, 0.25) is 5.91 Å². The summed E-state index contributed by atoms with van der Waals surface area (Å²) in [7, 11) is 1.45. The molecule has 1 aromatic carbocycles. The number of hydrogen-bond acceptors (Lipinski definition) is 4. The number of nitrogens with two attached hydrogens (primary N) is 1. The molecule has 0 heterocycles. The van der Waals surface area contributed by atoms with Gasteiger partial charge < -0.3 is 20.5 Å². The van der Waals surface area contributed by atoms with Crippen molar-refractivity contribution in [1.29, 1.82) is 0 Å². The zero-order chi connectivity index (χ0) is 17.8. The van der Waals surface area contributed by atoms with E-state index < -0.39 is 29.3 Å². The number of ether oxygens (including phenoxy) is 1. The minimum Gasteiger partial charge on any atom is -0.490 e. The smallest absolute Gasteiger partial charge is 0.419 e. The van der Waals surface area contributed by atoms with Crippen molar-refractivity contribution in [2.75, 3.05) is 20.2 Å². The van der Waals surface area contributed by atoms with Crippen molar-refractivity contribution in [1.82, 2.24) is 4.90 Å². The summed E-state index contributed by atoms with van der Waals surface area (Å²) in [4.78, 5) is 13.1. The van der Waals surface area contributed by atoms with Crippen molar-refractivity contribution >= 4 is 18.3 Å². The van der Waals surface area contributed by atoms with Gasteiger partial charge in [-0.1, -0.05) is 12.1 Å². The minimum absolute atomic E-state index is 0. The minimum atomic E-state index is -4.54. The van der Waals surface area contributed by atoms with Crippen molar-refractivity contribution in [3.05, 3.63) is 29.8 Å². The second kappa shape index (κ2) is 8.55. The molecule has 0 aliphatic heterocycles. The number of alkyl halides is 3. The third-order valence-electron chi connectivity index (χ3n) is 3.01. The van der Waals surface area contributed by atoms with Crippen molar-refractivity contribution in [2.45, 2.75) is 31.7 Å². The first-order chi connectivity index (χ1) is 10.4. The lowest BCUT2D eigenvalue weighted by Crippen LogP contribution is -2.51. The molecule has 0 saturated carbocycles. The fraction of sp³-hybridized carbons (Fsp3) is 0.533. The average molecular weight is 371 g/mol. The number of amides is 1. The van der Waals surface area contributed by atoms with Gasteiger partial charge in [-0.25, -0.2) is 0 Å². The van der Waals surface area contributed by atoms with Crippen LogP contribution in [0.2, 0.25) is 0 Å². The molecule has 0 fully saturated rings. The van der Waals surface area contributed by atoms with Crippen LogP contribution < -0.4 is 10.5 Å². The van der Waals surface area contributed by atoms with Crippen LogP contribution in [-0.4, -0.2) is 47.8 Å². The van der Waals surface area contributed by atoms with Crippen LogP contribution in [-0.2, 0) is 11.0 Å². The standard InChI is InChI=1S/C15H21F3N2O3.ClH/c1-14(2,19)13(22)20(3)8-10(21)9-23-12-7-5-4-6-11(12)15(16,17)18;/h4-7,10,21H,8-9,19H2,1-3H3;1H. The molecule has 5 nitrogen and oxygen atoms in total. The maximum atomic E-state index is 12.8. The second-order valence-corrected chi connectivity index (χ2v) is 5.87. The number of carbonyl (C=O) groups excluding carboxylic acids is 1. The monoisotopic (exact) mass is 370 g/mol. The van der Waals surface area contributed by atoms with Gasteiger partial charge in [0.1, 0.15) is 18.5 Å². The molecule has 0 aliphatic rings. The molecule has 24 heavy (non-hydrogen) atoms. The number of likely N-dealkylation sites (N-methyl/N-ethyl adjacent to an activating group) is 1. The molecule has 9 heteroatoms. The van der Waals surface area contributed by atoms with Gasteiger partial charge in [0.05, 0.1) is 11.1 Å². The molecule has 0 saturated heterocycles. The highest BCUT2D eigenvalue weighted by Gasteiger charge is 2.34.